The van der Waals surface area contributed by atoms with Gasteiger partial charge in [0, 0.05) is 28.5 Å². The predicted molar refractivity (Wildman–Crippen MR) is 82.4 cm³/mol. The van der Waals surface area contributed by atoms with E-state index in [0.29, 0.717) is 5.82 Å². The molecule has 1 aromatic carbocycles. The summed E-state index contributed by atoms with van der Waals surface area (Å²) in [6, 6.07) is 12.7. The smallest absolute Gasteiger partial charge is 0.128 e. The molecule has 1 unspecified atom stereocenters. The Morgan fingerprint density at radius 1 is 1.32 bits per heavy atom. The zero-order valence-electron chi connectivity index (χ0n) is 11.3. The second-order valence-corrected chi connectivity index (χ2v) is 5.55. The number of aryl methyl sites for hydroxylation is 1. The predicted octanol–water partition coefficient (Wildman–Crippen LogP) is 3.03. The molecule has 0 amide bonds. The Hall–Kier alpha value is -1.52. The number of nitrogen functional groups attached to an aromatic ring is 1. The standard InChI is InChI=1S/C15H19N3S/c1-11-8-13(15(16)18-9-11)14(17-2)10-19-12-6-4-3-5-7-12/h3-9,14,17H,10H2,1-2H3,(H2,16,18). The van der Waals surface area contributed by atoms with Crippen LogP contribution in [0.4, 0.5) is 5.82 Å². The molecule has 1 heterocycles. The first-order chi connectivity index (χ1) is 9.20. The van der Waals surface area contributed by atoms with Crippen LogP contribution in [0.1, 0.15) is 17.2 Å². The van der Waals surface area contributed by atoms with E-state index in [1.165, 1.54) is 4.90 Å². The third kappa shape index (κ3) is 3.72. The van der Waals surface area contributed by atoms with Gasteiger partial charge in [0.25, 0.3) is 0 Å². The molecule has 0 bridgehead atoms. The van der Waals surface area contributed by atoms with Gasteiger partial charge < -0.3 is 11.1 Å². The number of rotatable bonds is 5. The summed E-state index contributed by atoms with van der Waals surface area (Å²) in [5, 5.41) is 3.32. The van der Waals surface area contributed by atoms with Crippen molar-refractivity contribution < 1.29 is 0 Å². The monoisotopic (exact) mass is 273 g/mol. The van der Waals surface area contributed by atoms with E-state index in [1.807, 2.05) is 31.8 Å². The van der Waals surface area contributed by atoms with Gasteiger partial charge in [-0.1, -0.05) is 18.2 Å². The Bertz CT molecular complexity index is 528. The fraction of sp³-hybridized carbons (Fsp3) is 0.267. The normalized spacial score (nSPS) is 12.3. The summed E-state index contributed by atoms with van der Waals surface area (Å²) in [6.07, 6.45) is 1.80. The molecular weight excluding hydrogens is 254 g/mol. The van der Waals surface area contributed by atoms with Crippen LogP contribution in [0.2, 0.25) is 0 Å². The van der Waals surface area contributed by atoms with Gasteiger partial charge in [-0.25, -0.2) is 4.98 Å². The van der Waals surface area contributed by atoms with Crippen molar-refractivity contribution in [1.29, 1.82) is 0 Å². The number of nitrogens with two attached hydrogens (primary N) is 1. The van der Waals surface area contributed by atoms with Crippen LogP contribution in [-0.2, 0) is 0 Å². The molecule has 2 rings (SSSR count). The van der Waals surface area contributed by atoms with Gasteiger partial charge in [-0.3, -0.25) is 0 Å². The van der Waals surface area contributed by atoms with E-state index in [0.717, 1.165) is 16.9 Å². The maximum Gasteiger partial charge on any atom is 0.128 e. The third-order valence-electron chi connectivity index (χ3n) is 2.97. The van der Waals surface area contributed by atoms with E-state index < -0.39 is 0 Å². The number of anilines is 1. The second kappa shape index (κ2) is 6.59. The van der Waals surface area contributed by atoms with Crippen molar-refractivity contribution in [3.8, 4) is 0 Å². The molecule has 1 aromatic heterocycles. The molecule has 19 heavy (non-hydrogen) atoms. The first kappa shape index (κ1) is 13.9. The fourth-order valence-electron chi connectivity index (χ4n) is 1.91. The van der Waals surface area contributed by atoms with Crippen molar-refractivity contribution >= 4 is 17.6 Å². The summed E-state index contributed by atoms with van der Waals surface area (Å²) in [5.41, 5.74) is 8.18. The van der Waals surface area contributed by atoms with Crippen LogP contribution in [0.5, 0.6) is 0 Å². The summed E-state index contributed by atoms with van der Waals surface area (Å²) < 4.78 is 0. The van der Waals surface area contributed by atoms with Crippen molar-refractivity contribution in [2.45, 2.75) is 17.9 Å². The van der Waals surface area contributed by atoms with Crippen LogP contribution in [0, 0.1) is 6.92 Å². The first-order valence-electron chi connectivity index (χ1n) is 6.28. The van der Waals surface area contributed by atoms with Crippen LogP contribution >= 0.6 is 11.8 Å². The lowest BCUT2D eigenvalue weighted by atomic mass is 10.1. The van der Waals surface area contributed by atoms with Gasteiger partial charge in [0.05, 0.1) is 0 Å². The van der Waals surface area contributed by atoms with Gasteiger partial charge >= 0.3 is 0 Å². The van der Waals surface area contributed by atoms with Crippen molar-refractivity contribution in [1.82, 2.24) is 10.3 Å². The number of hydrogen-bond donors (Lipinski definition) is 2. The SMILES string of the molecule is CNC(CSc1ccccc1)c1cc(C)cnc1N. The first-order valence-corrected chi connectivity index (χ1v) is 7.26. The Morgan fingerprint density at radius 3 is 2.74 bits per heavy atom. The number of thioether (sulfide) groups is 1. The van der Waals surface area contributed by atoms with Crippen LogP contribution in [0.15, 0.2) is 47.5 Å². The average Bonchev–Trinajstić information content (AvgIpc) is 2.44. The van der Waals surface area contributed by atoms with Crippen LogP contribution in [0.25, 0.3) is 0 Å². The second-order valence-electron chi connectivity index (χ2n) is 4.45. The Labute approximate surface area is 118 Å². The Kier molecular flexibility index (Phi) is 4.82. The average molecular weight is 273 g/mol. The third-order valence-corrected chi connectivity index (χ3v) is 4.08. The highest BCUT2D eigenvalue weighted by Crippen LogP contribution is 2.27. The summed E-state index contributed by atoms with van der Waals surface area (Å²) >= 11 is 1.82. The van der Waals surface area contributed by atoms with Crippen LogP contribution in [0.3, 0.4) is 0 Å². The number of benzene rings is 1. The molecule has 0 aliphatic carbocycles. The highest BCUT2D eigenvalue weighted by molar-refractivity contribution is 7.99. The summed E-state index contributed by atoms with van der Waals surface area (Å²) in [5.74, 6) is 1.54. The lowest BCUT2D eigenvalue weighted by Gasteiger charge is -2.18. The van der Waals surface area contributed by atoms with Gasteiger partial charge in [0.1, 0.15) is 5.82 Å². The quantitative estimate of drug-likeness (QED) is 0.822. The maximum atomic E-state index is 5.97. The molecular formula is C15H19N3S. The minimum Gasteiger partial charge on any atom is -0.383 e. The molecule has 0 saturated carbocycles. The summed E-state index contributed by atoms with van der Waals surface area (Å²) in [4.78, 5) is 5.50. The molecule has 3 nitrogen and oxygen atoms in total. The van der Waals surface area contributed by atoms with Crippen molar-refractivity contribution in [3.63, 3.8) is 0 Å². The Balaban J connectivity index is 2.10. The van der Waals surface area contributed by atoms with Crippen LogP contribution in [-0.4, -0.2) is 17.8 Å². The number of hydrogen-bond acceptors (Lipinski definition) is 4. The molecule has 0 saturated heterocycles. The number of nitrogens with zero attached hydrogens (tertiary/aromatic N) is 1. The van der Waals surface area contributed by atoms with E-state index in [9.17, 15) is 0 Å². The zero-order valence-corrected chi connectivity index (χ0v) is 12.1. The van der Waals surface area contributed by atoms with E-state index in [1.54, 1.807) is 6.20 Å². The highest BCUT2D eigenvalue weighted by Gasteiger charge is 2.13. The highest BCUT2D eigenvalue weighted by atomic mass is 32.2. The number of nitrogens with one attached hydrogen (secondary N) is 1. The summed E-state index contributed by atoms with van der Waals surface area (Å²) in [6.45, 7) is 2.03. The zero-order chi connectivity index (χ0) is 13.7. The van der Waals surface area contributed by atoms with E-state index >= 15 is 0 Å². The lowest BCUT2D eigenvalue weighted by molar-refractivity contribution is 0.661. The maximum absolute atomic E-state index is 5.97. The molecule has 0 aliphatic rings. The minimum absolute atomic E-state index is 0.206. The number of aromatic nitrogens is 1. The van der Waals surface area contributed by atoms with Crippen molar-refractivity contribution in [3.05, 3.63) is 53.7 Å². The van der Waals surface area contributed by atoms with E-state index in [-0.39, 0.29) is 6.04 Å². The van der Waals surface area contributed by atoms with Gasteiger partial charge in [0.2, 0.25) is 0 Å². The van der Waals surface area contributed by atoms with Crippen LogP contribution < -0.4 is 11.1 Å². The van der Waals surface area contributed by atoms with E-state index in [2.05, 4.69) is 40.6 Å². The lowest BCUT2D eigenvalue weighted by Crippen LogP contribution is -2.20. The van der Waals surface area contributed by atoms with Gasteiger partial charge in [-0.05, 0) is 37.7 Å². The number of pyridine rings is 1. The minimum atomic E-state index is 0.206. The topological polar surface area (TPSA) is 50.9 Å². The molecule has 1 atom stereocenters. The molecule has 100 valence electrons. The fourth-order valence-corrected chi connectivity index (χ4v) is 2.96. The Morgan fingerprint density at radius 2 is 2.05 bits per heavy atom. The molecule has 3 N–H and O–H groups in total. The molecule has 4 heteroatoms. The molecule has 0 spiro atoms. The van der Waals surface area contributed by atoms with Gasteiger partial charge in [0.15, 0.2) is 0 Å². The molecule has 0 aliphatic heterocycles. The van der Waals surface area contributed by atoms with Crippen molar-refractivity contribution in [2.75, 3.05) is 18.5 Å². The van der Waals surface area contributed by atoms with Gasteiger partial charge in [-0.15, -0.1) is 11.8 Å². The molecule has 2 aromatic rings. The summed E-state index contributed by atoms with van der Waals surface area (Å²) in [7, 11) is 1.96. The van der Waals surface area contributed by atoms with E-state index in [4.69, 9.17) is 5.73 Å². The largest absolute Gasteiger partial charge is 0.383 e. The molecule has 0 fully saturated rings. The molecule has 0 radical (unpaired) electrons. The van der Waals surface area contributed by atoms with Crippen molar-refractivity contribution in [2.24, 2.45) is 0 Å². The van der Waals surface area contributed by atoms with Gasteiger partial charge in [-0.2, -0.15) is 0 Å².